The van der Waals surface area contributed by atoms with E-state index in [-0.39, 0.29) is 12.1 Å². The number of nitrogens with one attached hydrogen (secondary N) is 1. The van der Waals surface area contributed by atoms with Gasteiger partial charge in [-0.3, -0.25) is 14.2 Å². The molecule has 6 nitrogen and oxygen atoms in total. The molecule has 0 atom stereocenters. The molecule has 0 unspecified atom stereocenters. The summed E-state index contributed by atoms with van der Waals surface area (Å²) in [5, 5.41) is 12.8. The number of nitriles is 1. The maximum atomic E-state index is 12.8. The Morgan fingerprint density at radius 3 is 3.08 bits per heavy atom. The smallest absolute Gasteiger partial charge is 0.262 e. The molecular formula is C18H13ClN4O2S. The van der Waals surface area contributed by atoms with Crippen LogP contribution in [0.25, 0.3) is 10.2 Å². The van der Waals surface area contributed by atoms with Crippen molar-refractivity contribution in [3.63, 3.8) is 0 Å². The molecule has 2 aromatic heterocycles. The van der Waals surface area contributed by atoms with Crippen molar-refractivity contribution >= 4 is 44.7 Å². The summed E-state index contributed by atoms with van der Waals surface area (Å²) in [6.07, 6.45) is 4.33. The van der Waals surface area contributed by atoms with E-state index in [1.807, 2.05) is 6.07 Å². The number of halogens is 1. The van der Waals surface area contributed by atoms with Gasteiger partial charge in [0.2, 0.25) is 5.91 Å². The van der Waals surface area contributed by atoms with Crippen molar-refractivity contribution in [2.45, 2.75) is 25.8 Å². The van der Waals surface area contributed by atoms with Crippen molar-refractivity contribution < 1.29 is 4.79 Å². The fourth-order valence-electron chi connectivity index (χ4n) is 3.19. The number of aromatic nitrogens is 2. The van der Waals surface area contributed by atoms with E-state index in [0.29, 0.717) is 21.7 Å². The zero-order valence-corrected chi connectivity index (χ0v) is 15.2. The molecule has 0 aliphatic heterocycles. The first kappa shape index (κ1) is 16.8. The van der Waals surface area contributed by atoms with Gasteiger partial charge in [-0.25, -0.2) is 4.98 Å². The summed E-state index contributed by atoms with van der Waals surface area (Å²) in [7, 11) is 0. The number of amides is 1. The van der Waals surface area contributed by atoms with Crippen molar-refractivity contribution in [3.05, 3.63) is 55.9 Å². The largest absolute Gasteiger partial charge is 0.323 e. The summed E-state index contributed by atoms with van der Waals surface area (Å²) < 4.78 is 1.31. The second-order valence-corrected chi connectivity index (χ2v) is 7.59. The second-order valence-electron chi connectivity index (χ2n) is 6.07. The standard InChI is InChI=1S/C18H13ClN4O2S/c19-11-5-4-10(7-20)13(6-11)22-15(24)8-23-9-21-17-16(18(23)25)12-2-1-3-14(12)26-17/h4-6,9H,1-3,8H2,(H,22,24). The Bertz CT molecular complexity index is 1140. The van der Waals surface area contributed by atoms with Gasteiger partial charge in [0.1, 0.15) is 17.4 Å². The van der Waals surface area contributed by atoms with Crippen molar-refractivity contribution in [3.8, 4) is 6.07 Å². The number of carbonyl (C=O) groups excluding carboxylic acids is 1. The third kappa shape index (κ3) is 2.87. The Morgan fingerprint density at radius 1 is 1.42 bits per heavy atom. The summed E-state index contributed by atoms with van der Waals surface area (Å²) in [6, 6.07) is 6.62. The number of carbonyl (C=O) groups is 1. The predicted molar refractivity (Wildman–Crippen MR) is 101 cm³/mol. The molecule has 26 heavy (non-hydrogen) atoms. The monoisotopic (exact) mass is 384 g/mol. The SMILES string of the molecule is N#Cc1ccc(Cl)cc1NC(=O)Cn1cnc2sc3c(c2c1=O)CCC3. The highest BCUT2D eigenvalue weighted by Gasteiger charge is 2.21. The Balaban J connectivity index is 1.63. The normalized spacial score (nSPS) is 12.8. The minimum atomic E-state index is -0.418. The van der Waals surface area contributed by atoms with Crippen LogP contribution in [0.1, 0.15) is 22.4 Å². The number of nitrogens with zero attached hydrogens (tertiary/aromatic N) is 3. The van der Waals surface area contributed by atoms with Crippen molar-refractivity contribution in [2.24, 2.45) is 0 Å². The Labute approximate surface area is 157 Å². The highest BCUT2D eigenvalue weighted by atomic mass is 35.5. The summed E-state index contributed by atoms with van der Waals surface area (Å²) in [6.45, 7) is -0.177. The van der Waals surface area contributed by atoms with E-state index in [9.17, 15) is 9.59 Å². The first-order chi connectivity index (χ1) is 12.6. The molecule has 0 saturated heterocycles. The predicted octanol–water partition coefficient (Wildman–Crippen LogP) is 3.11. The molecule has 130 valence electrons. The first-order valence-corrected chi connectivity index (χ1v) is 9.25. The van der Waals surface area contributed by atoms with Gasteiger partial charge in [0.25, 0.3) is 5.56 Å². The van der Waals surface area contributed by atoms with Crippen LogP contribution >= 0.6 is 22.9 Å². The molecule has 2 heterocycles. The fourth-order valence-corrected chi connectivity index (χ4v) is 4.59. The van der Waals surface area contributed by atoms with Gasteiger partial charge in [0.05, 0.1) is 23.0 Å². The third-order valence-corrected chi connectivity index (χ3v) is 5.82. The van der Waals surface area contributed by atoms with E-state index in [2.05, 4.69) is 10.3 Å². The number of hydrogen-bond acceptors (Lipinski definition) is 5. The van der Waals surface area contributed by atoms with Crippen molar-refractivity contribution in [1.82, 2.24) is 9.55 Å². The Hall–Kier alpha value is -2.69. The molecule has 1 aromatic carbocycles. The molecule has 0 spiro atoms. The molecule has 1 aliphatic rings. The molecule has 1 amide bonds. The number of rotatable bonds is 3. The number of fused-ring (bicyclic) bond motifs is 3. The van der Waals surface area contributed by atoms with Gasteiger partial charge < -0.3 is 5.32 Å². The van der Waals surface area contributed by atoms with E-state index < -0.39 is 5.91 Å². The lowest BCUT2D eigenvalue weighted by Gasteiger charge is -2.09. The van der Waals surface area contributed by atoms with Gasteiger partial charge in [0.15, 0.2) is 0 Å². The lowest BCUT2D eigenvalue weighted by Crippen LogP contribution is -2.28. The van der Waals surface area contributed by atoms with E-state index >= 15 is 0 Å². The highest BCUT2D eigenvalue weighted by molar-refractivity contribution is 7.18. The molecule has 3 aromatic rings. The first-order valence-electron chi connectivity index (χ1n) is 8.06. The molecule has 0 saturated carbocycles. The molecular weight excluding hydrogens is 372 g/mol. The molecule has 0 radical (unpaired) electrons. The quantitative estimate of drug-likeness (QED) is 0.751. The fraction of sp³-hybridized carbons (Fsp3) is 0.222. The third-order valence-electron chi connectivity index (χ3n) is 4.38. The van der Waals surface area contributed by atoms with Gasteiger partial charge in [-0.1, -0.05) is 11.6 Å². The lowest BCUT2D eigenvalue weighted by atomic mass is 10.2. The van der Waals surface area contributed by atoms with Crippen LogP contribution in [-0.2, 0) is 24.2 Å². The van der Waals surface area contributed by atoms with Gasteiger partial charge >= 0.3 is 0 Å². The number of aryl methyl sites for hydroxylation is 2. The van der Waals surface area contributed by atoms with E-state index in [1.165, 1.54) is 27.9 Å². The average Bonchev–Trinajstić information content (AvgIpc) is 3.18. The average molecular weight is 385 g/mol. The van der Waals surface area contributed by atoms with Gasteiger partial charge in [0, 0.05) is 9.90 Å². The summed E-state index contributed by atoms with van der Waals surface area (Å²) >= 11 is 7.49. The van der Waals surface area contributed by atoms with Crippen LogP contribution in [0.5, 0.6) is 0 Å². The van der Waals surface area contributed by atoms with Crippen molar-refractivity contribution in [1.29, 1.82) is 5.26 Å². The number of hydrogen-bond donors (Lipinski definition) is 1. The zero-order chi connectivity index (χ0) is 18.3. The Morgan fingerprint density at radius 2 is 2.27 bits per heavy atom. The van der Waals surface area contributed by atoms with E-state index in [1.54, 1.807) is 17.4 Å². The number of thiophene rings is 1. The van der Waals surface area contributed by atoms with Gasteiger partial charge in [-0.15, -0.1) is 11.3 Å². The minimum Gasteiger partial charge on any atom is -0.323 e. The van der Waals surface area contributed by atoms with Crippen LogP contribution < -0.4 is 10.9 Å². The van der Waals surface area contributed by atoms with Crippen LogP contribution in [-0.4, -0.2) is 15.5 Å². The topological polar surface area (TPSA) is 87.8 Å². The van der Waals surface area contributed by atoms with Crippen LogP contribution in [0.2, 0.25) is 5.02 Å². The molecule has 1 N–H and O–H groups in total. The van der Waals surface area contributed by atoms with Crippen LogP contribution in [0.15, 0.2) is 29.3 Å². The van der Waals surface area contributed by atoms with Gasteiger partial charge in [-0.2, -0.15) is 5.26 Å². The molecule has 8 heteroatoms. The molecule has 1 aliphatic carbocycles. The van der Waals surface area contributed by atoms with E-state index in [0.717, 1.165) is 29.7 Å². The van der Waals surface area contributed by atoms with Crippen LogP contribution in [0.3, 0.4) is 0 Å². The summed E-state index contributed by atoms with van der Waals surface area (Å²) in [5.74, 6) is -0.418. The lowest BCUT2D eigenvalue weighted by molar-refractivity contribution is -0.116. The van der Waals surface area contributed by atoms with E-state index in [4.69, 9.17) is 16.9 Å². The maximum absolute atomic E-state index is 12.8. The van der Waals surface area contributed by atoms with Crippen molar-refractivity contribution in [2.75, 3.05) is 5.32 Å². The van der Waals surface area contributed by atoms with Crippen LogP contribution in [0.4, 0.5) is 5.69 Å². The number of anilines is 1. The van der Waals surface area contributed by atoms with Crippen LogP contribution in [0, 0.1) is 11.3 Å². The number of benzene rings is 1. The zero-order valence-electron chi connectivity index (χ0n) is 13.6. The Kier molecular flexibility index (Phi) is 4.23. The molecule has 0 bridgehead atoms. The molecule has 0 fully saturated rings. The van der Waals surface area contributed by atoms with Gasteiger partial charge in [-0.05, 0) is 43.0 Å². The second kappa shape index (κ2) is 6.56. The highest BCUT2D eigenvalue weighted by Crippen LogP contribution is 2.34. The molecule has 4 rings (SSSR count). The minimum absolute atomic E-state index is 0.177. The maximum Gasteiger partial charge on any atom is 0.262 e. The summed E-state index contributed by atoms with van der Waals surface area (Å²) in [5.41, 5.74) is 1.51. The summed E-state index contributed by atoms with van der Waals surface area (Å²) in [4.78, 5) is 31.5.